The van der Waals surface area contributed by atoms with Gasteiger partial charge in [0.25, 0.3) is 0 Å². The minimum atomic E-state index is 0.118. The SMILES string of the molecule is NC(Cc1ccc(Cl)cc1)Cc1ccc2ccccc2c1. The van der Waals surface area contributed by atoms with Gasteiger partial charge in [0.2, 0.25) is 0 Å². The van der Waals surface area contributed by atoms with Crippen LogP contribution in [-0.2, 0) is 12.8 Å². The van der Waals surface area contributed by atoms with Gasteiger partial charge < -0.3 is 5.73 Å². The Morgan fingerprint density at radius 3 is 2.14 bits per heavy atom. The molecular formula is C19H18ClN. The van der Waals surface area contributed by atoms with E-state index in [1.54, 1.807) is 0 Å². The van der Waals surface area contributed by atoms with Crippen molar-refractivity contribution in [1.82, 2.24) is 0 Å². The van der Waals surface area contributed by atoms with Crippen LogP contribution < -0.4 is 5.73 Å². The molecule has 3 aromatic carbocycles. The molecule has 0 heterocycles. The number of fused-ring (bicyclic) bond motifs is 1. The maximum absolute atomic E-state index is 6.29. The predicted octanol–water partition coefficient (Wildman–Crippen LogP) is 4.61. The lowest BCUT2D eigenvalue weighted by molar-refractivity contribution is 0.665. The van der Waals surface area contributed by atoms with Crippen molar-refractivity contribution in [2.45, 2.75) is 18.9 Å². The largest absolute Gasteiger partial charge is 0.327 e. The third-order valence-corrected chi connectivity index (χ3v) is 3.97. The first kappa shape index (κ1) is 14.1. The van der Waals surface area contributed by atoms with Gasteiger partial charge in [-0.1, -0.05) is 66.2 Å². The molecule has 0 aliphatic rings. The van der Waals surface area contributed by atoms with Gasteiger partial charge in [-0.2, -0.15) is 0 Å². The van der Waals surface area contributed by atoms with E-state index in [-0.39, 0.29) is 6.04 Å². The van der Waals surface area contributed by atoms with Crippen LogP contribution in [0.5, 0.6) is 0 Å². The van der Waals surface area contributed by atoms with Crippen molar-refractivity contribution in [2.75, 3.05) is 0 Å². The number of benzene rings is 3. The highest BCUT2D eigenvalue weighted by molar-refractivity contribution is 6.30. The third kappa shape index (κ3) is 3.63. The summed E-state index contributed by atoms with van der Waals surface area (Å²) in [5, 5.41) is 3.31. The highest BCUT2D eigenvalue weighted by Crippen LogP contribution is 2.17. The molecule has 0 saturated heterocycles. The first-order valence-electron chi connectivity index (χ1n) is 7.18. The molecule has 0 bridgehead atoms. The molecule has 0 aliphatic heterocycles. The van der Waals surface area contributed by atoms with Crippen molar-refractivity contribution in [3.05, 3.63) is 82.9 Å². The minimum absolute atomic E-state index is 0.118. The van der Waals surface area contributed by atoms with E-state index in [0.717, 1.165) is 17.9 Å². The second-order valence-corrected chi connectivity index (χ2v) is 5.91. The summed E-state index contributed by atoms with van der Waals surface area (Å²) in [7, 11) is 0. The molecule has 0 saturated carbocycles. The molecule has 0 amide bonds. The Kier molecular flexibility index (Phi) is 4.23. The van der Waals surface area contributed by atoms with Crippen molar-refractivity contribution < 1.29 is 0 Å². The normalized spacial score (nSPS) is 12.5. The van der Waals surface area contributed by atoms with Crippen molar-refractivity contribution in [1.29, 1.82) is 0 Å². The Bertz CT molecular complexity index is 734. The molecule has 0 aromatic heterocycles. The predicted molar refractivity (Wildman–Crippen MR) is 90.8 cm³/mol. The first-order valence-corrected chi connectivity index (χ1v) is 7.56. The number of rotatable bonds is 4. The van der Waals surface area contributed by atoms with Gasteiger partial charge in [-0.3, -0.25) is 0 Å². The van der Waals surface area contributed by atoms with Gasteiger partial charge in [0.1, 0.15) is 0 Å². The number of hydrogen-bond acceptors (Lipinski definition) is 1. The van der Waals surface area contributed by atoms with E-state index >= 15 is 0 Å². The van der Waals surface area contributed by atoms with Gasteiger partial charge in [0, 0.05) is 11.1 Å². The van der Waals surface area contributed by atoms with Gasteiger partial charge in [-0.15, -0.1) is 0 Å². The molecule has 0 spiro atoms. The molecular weight excluding hydrogens is 278 g/mol. The lowest BCUT2D eigenvalue weighted by atomic mass is 9.98. The molecule has 1 atom stereocenters. The molecule has 1 unspecified atom stereocenters. The standard InChI is InChI=1S/C19H18ClN/c20-18-9-6-14(7-10-18)12-19(21)13-15-5-8-16-3-1-2-4-17(16)11-15/h1-11,19H,12-13,21H2. The van der Waals surface area contributed by atoms with Gasteiger partial charge in [-0.05, 0) is 46.9 Å². The summed E-state index contributed by atoms with van der Waals surface area (Å²) in [6.45, 7) is 0. The summed E-state index contributed by atoms with van der Waals surface area (Å²) in [6, 6.07) is 23.0. The minimum Gasteiger partial charge on any atom is -0.327 e. The van der Waals surface area contributed by atoms with Crippen molar-refractivity contribution >= 4 is 22.4 Å². The quantitative estimate of drug-likeness (QED) is 0.747. The van der Waals surface area contributed by atoms with Crippen LogP contribution in [0.1, 0.15) is 11.1 Å². The maximum Gasteiger partial charge on any atom is 0.0406 e. The molecule has 106 valence electrons. The smallest absolute Gasteiger partial charge is 0.0406 e. The number of nitrogens with two attached hydrogens (primary N) is 1. The van der Waals surface area contributed by atoms with Crippen LogP contribution in [0.3, 0.4) is 0 Å². The van der Waals surface area contributed by atoms with E-state index in [1.165, 1.54) is 21.9 Å². The average Bonchev–Trinajstić information content (AvgIpc) is 2.49. The van der Waals surface area contributed by atoms with Crippen molar-refractivity contribution in [3.63, 3.8) is 0 Å². The summed E-state index contributed by atoms with van der Waals surface area (Å²) in [5.74, 6) is 0. The van der Waals surface area contributed by atoms with E-state index in [2.05, 4.69) is 42.5 Å². The molecule has 1 nitrogen and oxygen atoms in total. The molecule has 0 radical (unpaired) electrons. The molecule has 0 aliphatic carbocycles. The van der Waals surface area contributed by atoms with Crippen LogP contribution in [0, 0.1) is 0 Å². The zero-order valence-electron chi connectivity index (χ0n) is 11.8. The van der Waals surface area contributed by atoms with Crippen LogP contribution in [0.2, 0.25) is 5.02 Å². The average molecular weight is 296 g/mol. The highest BCUT2D eigenvalue weighted by Gasteiger charge is 2.06. The fourth-order valence-corrected chi connectivity index (χ4v) is 2.79. The molecule has 0 fully saturated rings. The Hall–Kier alpha value is -1.83. The fraction of sp³-hybridized carbons (Fsp3) is 0.158. The fourth-order valence-electron chi connectivity index (χ4n) is 2.66. The van der Waals surface area contributed by atoms with E-state index < -0.39 is 0 Å². The zero-order valence-corrected chi connectivity index (χ0v) is 12.6. The molecule has 3 aromatic rings. The van der Waals surface area contributed by atoms with E-state index in [9.17, 15) is 0 Å². The van der Waals surface area contributed by atoms with Gasteiger partial charge in [0.15, 0.2) is 0 Å². The Morgan fingerprint density at radius 2 is 1.38 bits per heavy atom. The summed E-state index contributed by atoms with van der Waals surface area (Å²) >= 11 is 5.90. The first-order chi connectivity index (χ1) is 10.2. The molecule has 21 heavy (non-hydrogen) atoms. The topological polar surface area (TPSA) is 26.0 Å². The third-order valence-electron chi connectivity index (χ3n) is 3.72. The van der Waals surface area contributed by atoms with Crippen molar-refractivity contribution in [2.24, 2.45) is 5.73 Å². The zero-order chi connectivity index (χ0) is 14.7. The summed E-state index contributed by atoms with van der Waals surface area (Å²) in [6.07, 6.45) is 1.75. The van der Waals surface area contributed by atoms with Crippen LogP contribution in [0.4, 0.5) is 0 Å². The number of hydrogen-bond donors (Lipinski definition) is 1. The second kappa shape index (κ2) is 6.30. The molecule has 2 N–H and O–H groups in total. The van der Waals surface area contributed by atoms with Crippen molar-refractivity contribution in [3.8, 4) is 0 Å². The Labute approximate surface area is 130 Å². The Balaban J connectivity index is 1.70. The lowest BCUT2D eigenvalue weighted by Crippen LogP contribution is -2.25. The van der Waals surface area contributed by atoms with Gasteiger partial charge >= 0.3 is 0 Å². The number of halogens is 1. The summed E-state index contributed by atoms with van der Waals surface area (Å²) in [5.41, 5.74) is 8.80. The van der Waals surface area contributed by atoms with Crippen LogP contribution >= 0.6 is 11.6 Å². The van der Waals surface area contributed by atoms with E-state index in [4.69, 9.17) is 17.3 Å². The molecule has 2 heteroatoms. The molecule has 3 rings (SSSR count). The lowest BCUT2D eigenvalue weighted by Gasteiger charge is -2.12. The monoisotopic (exact) mass is 295 g/mol. The van der Waals surface area contributed by atoms with Gasteiger partial charge in [-0.25, -0.2) is 0 Å². The maximum atomic E-state index is 6.29. The van der Waals surface area contributed by atoms with Crippen LogP contribution in [0.25, 0.3) is 10.8 Å². The highest BCUT2D eigenvalue weighted by atomic mass is 35.5. The summed E-state index contributed by atoms with van der Waals surface area (Å²) < 4.78 is 0. The van der Waals surface area contributed by atoms with E-state index in [0.29, 0.717) is 0 Å². The second-order valence-electron chi connectivity index (χ2n) is 5.48. The summed E-state index contributed by atoms with van der Waals surface area (Å²) in [4.78, 5) is 0. The Morgan fingerprint density at radius 1 is 0.762 bits per heavy atom. The van der Waals surface area contributed by atoms with E-state index in [1.807, 2.05) is 24.3 Å². The van der Waals surface area contributed by atoms with Crippen LogP contribution in [0.15, 0.2) is 66.7 Å². The van der Waals surface area contributed by atoms with Crippen LogP contribution in [-0.4, -0.2) is 6.04 Å². The van der Waals surface area contributed by atoms with Gasteiger partial charge in [0.05, 0.1) is 0 Å².